The lowest BCUT2D eigenvalue weighted by Gasteiger charge is -2.40. The molecule has 0 spiro atoms. The number of aromatic nitrogens is 2. The number of hydrogen-bond acceptors (Lipinski definition) is 5. The smallest absolute Gasteiger partial charge is 0.228 e. The summed E-state index contributed by atoms with van der Waals surface area (Å²) in [7, 11) is 0. The highest BCUT2D eigenvalue weighted by molar-refractivity contribution is 5.80. The van der Waals surface area contributed by atoms with Crippen LogP contribution in [0.4, 0.5) is 5.95 Å². The van der Waals surface area contributed by atoms with Gasteiger partial charge >= 0.3 is 0 Å². The molecule has 2 aliphatic rings. The summed E-state index contributed by atoms with van der Waals surface area (Å²) in [4.78, 5) is 22.1. The Kier molecular flexibility index (Phi) is 3.10. The lowest BCUT2D eigenvalue weighted by molar-refractivity contribution is -0.139. The van der Waals surface area contributed by atoms with Gasteiger partial charge in [-0.2, -0.15) is 0 Å². The van der Waals surface area contributed by atoms with Crippen molar-refractivity contribution in [2.75, 3.05) is 31.6 Å². The summed E-state index contributed by atoms with van der Waals surface area (Å²) in [6.07, 6.45) is 4.26. The average molecular weight is 248 g/mol. The second-order valence-corrected chi connectivity index (χ2v) is 4.72. The molecule has 2 fully saturated rings. The first-order chi connectivity index (χ1) is 8.83. The molecule has 2 aliphatic heterocycles. The van der Waals surface area contributed by atoms with E-state index in [0.717, 1.165) is 19.5 Å². The molecule has 0 aromatic carbocycles. The van der Waals surface area contributed by atoms with Crippen molar-refractivity contribution in [3.63, 3.8) is 0 Å². The minimum Gasteiger partial charge on any atom is -0.381 e. The zero-order valence-corrected chi connectivity index (χ0v) is 10.1. The van der Waals surface area contributed by atoms with Gasteiger partial charge in [-0.05, 0) is 12.5 Å². The van der Waals surface area contributed by atoms with Crippen molar-refractivity contribution in [3.8, 4) is 0 Å². The zero-order valence-electron chi connectivity index (χ0n) is 10.1. The molecule has 1 N–H and O–H groups in total. The SMILES string of the molecule is O=C(C1CCOC1)N1CC(Nc2ncccn2)C1. The second kappa shape index (κ2) is 4.89. The Morgan fingerprint density at radius 1 is 1.39 bits per heavy atom. The van der Waals surface area contributed by atoms with Crippen LogP contribution in [0.5, 0.6) is 0 Å². The van der Waals surface area contributed by atoms with E-state index in [9.17, 15) is 4.79 Å². The van der Waals surface area contributed by atoms with Gasteiger partial charge in [-0.25, -0.2) is 9.97 Å². The molecular weight excluding hydrogens is 232 g/mol. The standard InChI is InChI=1S/C12H16N4O2/c17-11(9-2-5-18-8-9)16-6-10(7-16)15-12-13-3-1-4-14-12/h1,3-4,9-10H,2,5-8H2,(H,13,14,15). The third kappa shape index (κ3) is 2.28. The molecule has 0 bridgehead atoms. The van der Waals surface area contributed by atoms with Crippen molar-refractivity contribution in [1.82, 2.24) is 14.9 Å². The molecule has 6 heteroatoms. The van der Waals surface area contributed by atoms with Crippen LogP contribution >= 0.6 is 0 Å². The first-order valence-corrected chi connectivity index (χ1v) is 6.23. The molecule has 0 aliphatic carbocycles. The van der Waals surface area contributed by atoms with Gasteiger partial charge in [0.1, 0.15) is 0 Å². The van der Waals surface area contributed by atoms with Crippen molar-refractivity contribution in [1.29, 1.82) is 0 Å². The number of anilines is 1. The third-order valence-electron chi connectivity index (χ3n) is 3.37. The van der Waals surface area contributed by atoms with Gasteiger partial charge in [-0.1, -0.05) is 0 Å². The quantitative estimate of drug-likeness (QED) is 0.824. The number of nitrogens with one attached hydrogen (secondary N) is 1. The van der Waals surface area contributed by atoms with Gasteiger partial charge in [0.25, 0.3) is 0 Å². The van der Waals surface area contributed by atoms with E-state index in [1.165, 1.54) is 0 Å². The Hall–Kier alpha value is -1.69. The fraction of sp³-hybridized carbons (Fsp3) is 0.583. The predicted octanol–water partition coefficient (Wildman–Crippen LogP) is 0.136. The van der Waals surface area contributed by atoms with Crippen molar-refractivity contribution in [2.24, 2.45) is 5.92 Å². The Labute approximate surface area is 105 Å². The Morgan fingerprint density at radius 3 is 2.83 bits per heavy atom. The second-order valence-electron chi connectivity index (χ2n) is 4.72. The van der Waals surface area contributed by atoms with E-state index < -0.39 is 0 Å². The summed E-state index contributed by atoms with van der Waals surface area (Å²) in [6.45, 7) is 2.75. The Balaban J connectivity index is 1.47. The maximum Gasteiger partial charge on any atom is 0.228 e. The number of amides is 1. The number of carbonyl (C=O) groups is 1. The van der Waals surface area contributed by atoms with E-state index in [1.807, 2.05) is 4.90 Å². The minimum absolute atomic E-state index is 0.0684. The minimum atomic E-state index is 0.0684. The molecule has 1 aromatic heterocycles. The largest absolute Gasteiger partial charge is 0.381 e. The molecule has 18 heavy (non-hydrogen) atoms. The summed E-state index contributed by atoms with van der Waals surface area (Å²) >= 11 is 0. The van der Waals surface area contributed by atoms with Crippen LogP contribution in [0.2, 0.25) is 0 Å². The maximum atomic E-state index is 12.0. The summed E-state index contributed by atoms with van der Waals surface area (Å²) in [5.41, 5.74) is 0. The first-order valence-electron chi connectivity index (χ1n) is 6.23. The number of ether oxygens (including phenoxy) is 1. The van der Waals surface area contributed by atoms with E-state index in [1.54, 1.807) is 18.5 Å². The van der Waals surface area contributed by atoms with Gasteiger partial charge in [0.05, 0.1) is 18.6 Å². The van der Waals surface area contributed by atoms with Gasteiger partial charge in [0.2, 0.25) is 11.9 Å². The number of rotatable bonds is 3. The summed E-state index contributed by atoms with van der Waals surface area (Å²) in [5.74, 6) is 0.914. The lowest BCUT2D eigenvalue weighted by atomic mass is 10.0. The number of hydrogen-bond donors (Lipinski definition) is 1. The highest BCUT2D eigenvalue weighted by Crippen LogP contribution is 2.20. The fourth-order valence-electron chi connectivity index (χ4n) is 2.29. The highest BCUT2D eigenvalue weighted by atomic mass is 16.5. The predicted molar refractivity (Wildman–Crippen MR) is 64.9 cm³/mol. The number of nitrogens with zero attached hydrogens (tertiary/aromatic N) is 3. The number of carbonyl (C=O) groups excluding carboxylic acids is 1. The van der Waals surface area contributed by atoms with Gasteiger partial charge in [-0.15, -0.1) is 0 Å². The van der Waals surface area contributed by atoms with E-state index in [4.69, 9.17) is 4.74 Å². The molecular formula is C12H16N4O2. The Bertz CT molecular complexity index is 413. The van der Waals surface area contributed by atoms with Crippen LogP contribution in [0.1, 0.15) is 6.42 Å². The van der Waals surface area contributed by atoms with Gasteiger partial charge < -0.3 is 15.0 Å². The van der Waals surface area contributed by atoms with E-state index >= 15 is 0 Å². The first kappa shape index (κ1) is 11.4. The topological polar surface area (TPSA) is 67.3 Å². The fourth-order valence-corrected chi connectivity index (χ4v) is 2.29. The van der Waals surface area contributed by atoms with Crippen LogP contribution < -0.4 is 5.32 Å². The van der Waals surface area contributed by atoms with Crippen LogP contribution in [-0.2, 0) is 9.53 Å². The molecule has 0 saturated carbocycles. The van der Waals surface area contributed by atoms with Gasteiger partial charge in [0.15, 0.2) is 0 Å². The van der Waals surface area contributed by atoms with E-state index in [2.05, 4.69) is 15.3 Å². The van der Waals surface area contributed by atoms with Crippen LogP contribution in [0.25, 0.3) is 0 Å². The van der Waals surface area contributed by atoms with Crippen LogP contribution in [0.15, 0.2) is 18.5 Å². The van der Waals surface area contributed by atoms with E-state index in [-0.39, 0.29) is 17.9 Å². The Morgan fingerprint density at radius 2 is 2.17 bits per heavy atom. The van der Waals surface area contributed by atoms with Crippen molar-refractivity contribution < 1.29 is 9.53 Å². The van der Waals surface area contributed by atoms with Gasteiger partial charge in [-0.3, -0.25) is 4.79 Å². The van der Waals surface area contributed by atoms with Crippen molar-refractivity contribution >= 4 is 11.9 Å². The van der Waals surface area contributed by atoms with Gasteiger partial charge in [0, 0.05) is 32.1 Å². The summed E-state index contributed by atoms with van der Waals surface area (Å²) < 4.78 is 5.24. The number of likely N-dealkylation sites (tertiary alicyclic amines) is 1. The molecule has 1 aromatic rings. The van der Waals surface area contributed by atoms with E-state index in [0.29, 0.717) is 19.2 Å². The third-order valence-corrected chi connectivity index (χ3v) is 3.37. The molecule has 1 atom stereocenters. The summed E-state index contributed by atoms with van der Waals surface area (Å²) in [5, 5.41) is 3.21. The molecule has 0 radical (unpaired) electrons. The van der Waals surface area contributed by atoms with Crippen molar-refractivity contribution in [3.05, 3.63) is 18.5 Å². The highest BCUT2D eigenvalue weighted by Gasteiger charge is 2.36. The van der Waals surface area contributed by atoms with Crippen LogP contribution in [0, 0.1) is 5.92 Å². The molecule has 6 nitrogen and oxygen atoms in total. The average Bonchev–Trinajstić information content (AvgIpc) is 2.87. The molecule has 2 saturated heterocycles. The molecule has 1 unspecified atom stereocenters. The van der Waals surface area contributed by atoms with Crippen molar-refractivity contribution in [2.45, 2.75) is 12.5 Å². The molecule has 96 valence electrons. The normalized spacial score (nSPS) is 23.8. The van der Waals surface area contributed by atoms with Crippen LogP contribution in [-0.4, -0.2) is 53.1 Å². The monoisotopic (exact) mass is 248 g/mol. The molecule has 3 rings (SSSR count). The molecule has 1 amide bonds. The lowest BCUT2D eigenvalue weighted by Crippen LogP contribution is -2.58. The summed E-state index contributed by atoms with van der Waals surface area (Å²) in [6, 6.07) is 2.04. The zero-order chi connectivity index (χ0) is 12.4. The maximum absolute atomic E-state index is 12.0. The molecule has 3 heterocycles. The van der Waals surface area contributed by atoms with Crippen LogP contribution in [0.3, 0.4) is 0 Å².